The molecule has 0 radical (unpaired) electrons. The van der Waals surface area contributed by atoms with E-state index in [0.717, 1.165) is 22.3 Å². The quantitative estimate of drug-likeness (QED) is 0.131. The zero-order valence-electron chi connectivity index (χ0n) is 24.0. The predicted octanol–water partition coefficient (Wildman–Crippen LogP) is 7.06. The zero-order valence-corrected chi connectivity index (χ0v) is 24.0. The van der Waals surface area contributed by atoms with Crippen molar-refractivity contribution in [2.75, 3.05) is 6.61 Å². The lowest BCUT2D eigenvalue weighted by atomic mass is 9.97. The molecule has 0 heterocycles. The Balaban J connectivity index is 1.60. The lowest BCUT2D eigenvalue weighted by Gasteiger charge is -2.36. The Labute approximate surface area is 249 Å². The molecule has 4 atom stereocenters. The van der Waals surface area contributed by atoms with E-state index in [1.807, 2.05) is 121 Å². The van der Waals surface area contributed by atoms with Gasteiger partial charge in [0.05, 0.1) is 33.0 Å². The molecule has 218 valence electrons. The van der Waals surface area contributed by atoms with Crippen molar-refractivity contribution in [2.24, 2.45) is 0 Å². The van der Waals surface area contributed by atoms with Gasteiger partial charge in [0.2, 0.25) is 0 Å². The standard InChI is InChI=1S/C37H40O5/c1-3-34(38)36(41-27-32-20-12-6-13-21-32)37(42-28-33-22-14-7-15-23-33)35(40-26-31-18-10-5-11-19-31)29(2)24-39-25-30-16-8-4-9-17-30/h3-23,34-38H,1-2,24-28H2/t34?,35-,36-,37+/m1/s1. The monoisotopic (exact) mass is 564 g/mol. The third kappa shape index (κ3) is 9.91. The Morgan fingerprint density at radius 1 is 0.571 bits per heavy atom. The lowest BCUT2D eigenvalue weighted by Crippen LogP contribution is -2.49. The first-order valence-electron chi connectivity index (χ1n) is 14.2. The molecule has 0 spiro atoms. The summed E-state index contributed by atoms with van der Waals surface area (Å²) in [4.78, 5) is 0. The molecular weight excluding hydrogens is 524 g/mol. The van der Waals surface area contributed by atoms with Gasteiger partial charge in [-0.25, -0.2) is 0 Å². The molecule has 0 bridgehead atoms. The molecule has 1 unspecified atom stereocenters. The highest BCUT2D eigenvalue weighted by atomic mass is 16.6. The van der Waals surface area contributed by atoms with Gasteiger partial charge in [-0.2, -0.15) is 0 Å². The number of aliphatic hydroxyl groups is 1. The summed E-state index contributed by atoms with van der Waals surface area (Å²) in [6, 6.07) is 39.7. The Morgan fingerprint density at radius 3 is 1.38 bits per heavy atom. The van der Waals surface area contributed by atoms with Crippen LogP contribution in [0.15, 0.2) is 146 Å². The average molecular weight is 565 g/mol. The summed E-state index contributed by atoms with van der Waals surface area (Å²) in [5.41, 5.74) is 4.73. The molecule has 0 aromatic heterocycles. The summed E-state index contributed by atoms with van der Waals surface area (Å²) < 4.78 is 25.5. The molecule has 0 aliphatic heterocycles. The molecule has 4 rings (SSSR count). The Hall–Kier alpha value is -3.84. The SMILES string of the molecule is C=CC(O)[C@@H](OCc1ccccc1)[C@@H](OCc1ccccc1)[C@H](OCc1ccccc1)C(=C)COCc1ccccc1. The molecule has 42 heavy (non-hydrogen) atoms. The number of aliphatic hydroxyl groups excluding tert-OH is 1. The second kappa shape index (κ2) is 17.2. The van der Waals surface area contributed by atoms with E-state index in [1.54, 1.807) is 0 Å². The third-order valence-corrected chi connectivity index (χ3v) is 6.84. The van der Waals surface area contributed by atoms with Gasteiger partial charge in [0.15, 0.2) is 0 Å². The molecule has 5 heteroatoms. The van der Waals surface area contributed by atoms with Gasteiger partial charge in [-0.15, -0.1) is 6.58 Å². The number of hydrogen-bond acceptors (Lipinski definition) is 5. The maximum absolute atomic E-state index is 11.2. The van der Waals surface area contributed by atoms with Crippen molar-refractivity contribution in [1.82, 2.24) is 0 Å². The highest BCUT2D eigenvalue weighted by Gasteiger charge is 2.37. The van der Waals surface area contributed by atoms with Gasteiger partial charge in [0, 0.05) is 0 Å². The Bertz CT molecular complexity index is 1310. The summed E-state index contributed by atoms with van der Waals surface area (Å²) in [5, 5.41) is 11.2. The molecule has 5 nitrogen and oxygen atoms in total. The van der Waals surface area contributed by atoms with Crippen molar-refractivity contribution in [2.45, 2.75) is 50.8 Å². The van der Waals surface area contributed by atoms with E-state index in [4.69, 9.17) is 18.9 Å². The highest BCUT2D eigenvalue weighted by Crippen LogP contribution is 2.25. The zero-order chi connectivity index (χ0) is 29.4. The largest absolute Gasteiger partial charge is 0.386 e. The molecule has 4 aromatic carbocycles. The van der Waals surface area contributed by atoms with Crippen molar-refractivity contribution in [1.29, 1.82) is 0 Å². The molecule has 1 N–H and O–H groups in total. The molecule has 0 aliphatic rings. The molecule has 0 fully saturated rings. The third-order valence-electron chi connectivity index (χ3n) is 6.84. The van der Waals surface area contributed by atoms with E-state index in [9.17, 15) is 5.11 Å². The van der Waals surface area contributed by atoms with Crippen LogP contribution >= 0.6 is 0 Å². The van der Waals surface area contributed by atoms with E-state index in [0.29, 0.717) is 25.4 Å². The van der Waals surface area contributed by atoms with Gasteiger partial charge in [0.1, 0.15) is 24.4 Å². The van der Waals surface area contributed by atoms with Crippen molar-refractivity contribution < 1.29 is 24.1 Å². The minimum absolute atomic E-state index is 0.245. The number of ether oxygens (including phenoxy) is 4. The van der Waals surface area contributed by atoms with Gasteiger partial charge >= 0.3 is 0 Å². The average Bonchev–Trinajstić information content (AvgIpc) is 3.05. The van der Waals surface area contributed by atoms with E-state index in [2.05, 4.69) is 13.2 Å². The minimum atomic E-state index is -1.02. The lowest BCUT2D eigenvalue weighted by molar-refractivity contribution is -0.165. The van der Waals surface area contributed by atoms with Crippen LogP contribution in [-0.2, 0) is 45.4 Å². The van der Waals surface area contributed by atoms with Crippen LogP contribution in [0.1, 0.15) is 22.3 Å². The first-order chi connectivity index (χ1) is 20.6. The normalized spacial score (nSPS) is 14.0. The summed E-state index contributed by atoms with van der Waals surface area (Å²) in [6.07, 6.45) is -1.72. The van der Waals surface area contributed by atoms with E-state index < -0.39 is 24.4 Å². The number of hydrogen-bond donors (Lipinski definition) is 1. The van der Waals surface area contributed by atoms with Crippen LogP contribution in [0.3, 0.4) is 0 Å². The minimum Gasteiger partial charge on any atom is -0.386 e. The first-order valence-corrected chi connectivity index (χ1v) is 14.2. The van der Waals surface area contributed by atoms with E-state index in [-0.39, 0.29) is 13.2 Å². The van der Waals surface area contributed by atoms with Crippen LogP contribution in [-0.4, -0.2) is 36.1 Å². The van der Waals surface area contributed by atoms with Gasteiger partial charge in [-0.1, -0.05) is 134 Å². The van der Waals surface area contributed by atoms with E-state index >= 15 is 0 Å². The van der Waals surface area contributed by atoms with Crippen LogP contribution in [0.4, 0.5) is 0 Å². The van der Waals surface area contributed by atoms with Gasteiger partial charge < -0.3 is 24.1 Å². The van der Waals surface area contributed by atoms with Gasteiger partial charge in [-0.05, 0) is 27.8 Å². The molecule has 0 amide bonds. The van der Waals surface area contributed by atoms with Crippen LogP contribution < -0.4 is 0 Å². The topological polar surface area (TPSA) is 57.2 Å². The van der Waals surface area contributed by atoms with Gasteiger partial charge in [0.25, 0.3) is 0 Å². The van der Waals surface area contributed by atoms with Crippen molar-refractivity contribution in [3.63, 3.8) is 0 Å². The van der Waals surface area contributed by atoms with Crippen molar-refractivity contribution in [3.8, 4) is 0 Å². The Morgan fingerprint density at radius 2 is 0.952 bits per heavy atom. The van der Waals surface area contributed by atoms with Crippen LogP contribution in [0, 0.1) is 0 Å². The van der Waals surface area contributed by atoms with Crippen LogP contribution in [0.5, 0.6) is 0 Å². The number of rotatable bonds is 18. The second-order valence-electron chi connectivity index (χ2n) is 10.1. The first kappa shape index (κ1) is 31.1. The Kier molecular flexibility index (Phi) is 12.7. The molecular formula is C37H40O5. The summed E-state index contributed by atoms with van der Waals surface area (Å²) in [5.74, 6) is 0. The van der Waals surface area contributed by atoms with Crippen LogP contribution in [0.2, 0.25) is 0 Å². The maximum atomic E-state index is 11.2. The fraction of sp³-hybridized carbons (Fsp3) is 0.243. The maximum Gasteiger partial charge on any atom is 0.117 e. The molecule has 0 aliphatic carbocycles. The molecule has 4 aromatic rings. The van der Waals surface area contributed by atoms with Crippen molar-refractivity contribution >= 4 is 0 Å². The number of benzene rings is 4. The summed E-state index contributed by atoms with van der Waals surface area (Å²) in [7, 11) is 0. The highest BCUT2D eigenvalue weighted by molar-refractivity contribution is 5.18. The van der Waals surface area contributed by atoms with E-state index in [1.165, 1.54) is 6.08 Å². The fourth-order valence-electron chi connectivity index (χ4n) is 4.57. The van der Waals surface area contributed by atoms with Gasteiger partial charge in [-0.3, -0.25) is 0 Å². The summed E-state index contributed by atoms with van der Waals surface area (Å²) >= 11 is 0. The van der Waals surface area contributed by atoms with Crippen molar-refractivity contribution in [3.05, 3.63) is 168 Å². The van der Waals surface area contributed by atoms with Crippen LogP contribution in [0.25, 0.3) is 0 Å². The smallest absolute Gasteiger partial charge is 0.117 e. The molecule has 0 saturated carbocycles. The molecule has 0 saturated heterocycles. The second-order valence-corrected chi connectivity index (χ2v) is 10.1. The predicted molar refractivity (Wildman–Crippen MR) is 166 cm³/mol. The summed E-state index contributed by atoms with van der Waals surface area (Å²) in [6.45, 7) is 9.79. The fourth-order valence-corrected chi connectivity index (χ4v) is 4.57.